The van der Waals surface area contributed by atoms with E-state index in [9.17, 15) is 4.39 Å². The zero-order valence-electron chi connectivity index (χ0n) is 7.61. The smallest absolute Gasteiger partial charge is 0.145 e. The average Bonchev–Trinajstić information content (AvgIpc) is 2.67. The summed E-state index contributed by atoms with van der Waals surface area (Å²) in [6.45, 7) is 0.453. The molecule has 1 atom stereocenters. The van der Waals surface area contributed by atoms with E-state index in [0.29, 0.717) is 13.0 Å². The first-order valence-electron chi connectivity index (χ1n) is 4.48. The highest BCUT2D eigenvalue weighted by Gasteiger charge is 2.20. The number of halogens is 1. The van der Waals surface area contributed by atoms with Gasteiger partial charge in [0, 0.05) is 13.0 Å². The number of rotatable bonds is 2. The lowest BCUT2D eigenvalue weighted by Gasteiger charge is -2.02. The summed E-state index contributed by atoms with van der Waals surface area (Å²) in [6, 6.07) is 6.20. The van der Waals surface area contributed by atoms with E-state index in [0.717, 1.165) is 11.3 Å². The molecule has 0 saturated carbocycles. The van der Waals surface area contributed by atoms with E-state index in [4.69, 9.17) is 10.6 Å². The second kappa shape index (κ2) is 3.75. The minimum absolute atomic E-state index is 0.0324. The first kappa shape index (κ1) is 9.15. The van der Waals surface area contributed by atoms with Gasteiger partial charge in [-0.3, -0.25) is 0 Å². The summed E-state index contributed by atoms with van der Waals surface area (Å²) < 4.78 is 12.6. The van der Waals surface area contributed by atoms with E-state index < -0.39 is 0 Å². The summed E-state index contributed by atoms with van der Waals surface area (Å²) in [5.74, 6) is -0.247. The maximum Gasteiger partial charge on any atom is 0.145 e. The third-order valence-electron chi connectivity index (χ3n) is 2.17. The van der Waals surface area contributed by atoms with Gasteiger partial charge in [-0.15, -0.1) is 0 Å². The van der Waals surface area contributed by atoms with Crippen molar-refractivity contribution < 1.29 is 9.23 Å². The Kier molecular flexibility index (Phi) is 2.45. The molecule has 1 aliphatic rings. The van der Waals surface area contributed by atoms with Gasteiger partial charge in [-0.2, -0.15) is 0 Å². The molecule has 0 unspecified atom stereocenters. The second-order valence-electron chi connectivity index (χ2n) is 3.21. The standard InChI is InChI=1S/C10H11FN2O/c11-8-3-1-7(2-4-8)10-5-9(6-12)14-13-10/h1-4,9H,5-6,12H2/t9-/m1/s1. The predicted octanol–water partition coefficient (Wildman–Crippen LogP) is 1.28. The van der Waals surface area contributed by atoms with Gasteiger partial charge < -0.3 is 10.6 Å². The van der Waals surface area contributed by atoms with Gasteiger partial charge >= 0.3 is 0 Å². The van der Waals surface area contributed by atoms with Crippen LogP contribution < -0.4 is 5.73 Å². The second-order valence-corrected chi connectivity index (χ2v) is 3.21. The van der Waals surface area contributed by atoms with E-state index in [-0.39, 0.29) is 11.9 Å². The molecule has 2 rings (SSSR count). The number of hydrogen-bond donors (Lipinski definition) is 1. The van der Waals surface area contributed by atoms with Crippen molar-refractivity contribution in [1.29, 1.82) is 0 Å². The van der Waals surface area contributed by atoms with Gasteiger partial charge in [0.15, 0.2) is 0 Å². The number of benzene rings is 1. The number of hydrogen-bond acceptors (Lipinski definition) is 3. The van der Waals surface area contributed by atoms with Crippen LogP contribution >= 0.6 is 0 Å². The van der Waals surface area contributed by atoms with Crippen LogP contribution in [0.15, 0.2) is 29.4 Å². The van der Waals surface area contributed by atoms with Gasteiger partial charge in [-0.05, 0) is 17.7 Å². The Labute approximate surface area is 81.4 Å². The highest BCUT2D eigenvalue weighted by Crippen LogP contribution is 2.16. The van der Waals surface area contributed by atoms with E-state index in [1.165, 1.54) is 12.1 Å². The molecule has 4 heteroatoms. The Bertz CT molecular complexity index is 348. The molecule has 3 nitrogen and oxygen atoms in total. The van der Waals surface area contributed by atoms with Crippen LogP contribution in [0.2, 0.25) is 0 Å². The quantitative estimate of drug-likeness (QED) is 0.770. The number of nitrogens with two attached hydrogens (primary N) is 1. The van der Waals surface area contributed by atoms with Gasteiger partial charge in [0.1, 0.15) is 11.9 Å². The van der Waals surface area contributed by atoms with Crippen molar-refractivity contribution in [2.75, 3.05) is 6.54 Å². The van der Waals surface area contributed by atoms with E-state index in [1.807, 2.05) is 0 Å². The van der Waals surface area contributed by atoms with E-state index >= 15 is 0 Å². The molecule has 0 spiro atoms. The molecule has 74 valence electrons. The molecule has 0 bridgehead atoms. The summed E-state index contributed by atoms with van der Waals surface area (Å²) in [7, 11) is 0. The van der Waals surface area contributed by atoms with E-state index in [2.05, 4.69) is 5.16 Å². The molecule has 1 aromatic rings. The monoisotopic (exact) mass is 194 g/mol. The van der Waals surface area contributed by atoms with Crippen molar-refractivity contribution in [3.8, 4) is 0 Å². The van der Waals surface area contributed by atoms with Gasteiger partial charge in [-0.1, -0.05) is 17.3 Å². The van der Waals surface area contributed by atoms with Crippen molar-refractivity contribution in [2.45, 2.75) is 12.5 Å². The average molecular weight is 194 g/mol. The molecular formula is C10H11FN2O. The topological polar surface area (TPSA) is 47.6 Å². The fourth-order valence-corrected chi connectivity index (χ4v) is 1.37. The summed E-state index contributed by atoms with van der Waals surface area (Å²) in [5, 5.41) is 3.90. The Morgan fingerprint density at radius 1 is 1.43 bits per heavy atom. The molecule has 0 fully saturated rings. The third kappa shape index (κ3) is 1.75. The van der Waals surface area contributed by atoms with Crippen LogP contribution in [0, 0.1) is 5.82 Å². The highest BCUT2D eigenvalue weighted by atomic mass is 19.1. The lowest BCUT2D eigenvalue weighted by molar-refractivity contribution is 0.0918. The minimum Gasteiger partial charge on any atom is -0.390 e. The van der Waals surface area contributed by atoms with Crippen LogP contribution in [0.1, 0.15) is 12.0 Å². The van der Waals surface area contributed by atoms with Gasteiger partial charge in [0.25, 0.3) is 0 Å². The number of oxime groups is 1. The van der Waals surface area contributed by atoms with Gasteiger partial charge in [-0.25, -0.2) is 4.39 Å². The molecule has 1 aliphatic heterocycles. The molecule has 0 amide bonds. The fraction of sp³-hybridized carbons (Fsp3) is 0.300. The molecule has 0 aromatic heterocycles. The zero-order valence-corrected chi connectivity index (χ0v) is 7.61. The Morgan fingerprint density at radius 2 is 2.14 bits per heavy atom. The van der Waals surface area contributed by atoms with Crippen LogP contribution in [0.3, 0.4) is 0 Å². The van der Waals surface area contributed by atoms with Crippen LogP contribution in [-0.2, 0) is 4.84 Å². The molecule has 14 heavy (non-hydrogen) atoms. The normalized spacial score (nSPS) is 20.4. The summed E-state index contributed by atoms with van der Waals surface area (Å²) in [5.41, 5.74) is 7.16. The fourth-order valence-electron chi connectivity index (χ4n) is 1.37. The van der Waals surface area contributed by atoms with Crippen molar-refractivity contribution >= 4 is 5.71 Å². The first-order chi connectivity index (χ1) is 6.79. The van der Waals surface area contributed by atoms with Gasteiger partial charge in [0.05, 0.1) is 5.71 Å². The molecular weight excluding hydrogens is 183 g/mol. The molecule has 2 N–H and O–H groups in total. The SMILES string of the molecule is NC[C@H]1CC(c2ccc(F)cc2)=NO1. The van der Waals surface area contributed by atoms with Crippen LogP contribution in [0.4, 0.5) is 4.39 Å². The number of nitrogens with zero attached hydrogens (tertiary/aromatic N) is 1. The van der Waals surface area contributed by atoms with Crippen molar-refractivity contribution in [3.05, 3.63) is 35.6 Å². The van der Waals surface area contributed by atoms with E-state index in [1.54, 1.807) is 12.1 Å². The molecule has 1 heterocycles. The minimum atomic E-state index is -0.247. The molecule has 0 saturated heterocycles. The molecule has 0 radical (unpaired) electrons. The van der Waals surface area contributed by atoms with Gasteiger partial charge in [0.2, 0.25) is 0 Å². The first-order valence-corrected chi connectivity index (χ1v) is 4.48. The zero-order chi connectivity index (χ0) is 9.97. The van der Waals surface area contributed by atoms with Crippen molar-refractivity contribution in [2.24, 2.45) is 10.9 Å². The highest BCUT2D eigenvalue weighted by molar-refractivity contribution is 6.01. The predicted molar refractivity (Wildman–Crippen MR) is 51.5 cm³/mol. The molecule has 0 aliphatic carbocycles. The van der Waals surface area contributed by atoms with Crippen molar-refractivity contribution in [1.82, 2.24) is 0 Å². The lowest BCUT2D eigenvalue weighted by Crippen LogP contribution is -2.20. The Hall–Kier alpha value is -1.42. The van der Waals surface area contributed by atoms with Crippen LogP contribution in [0.25, 0.3) is 0 Å². The Morgan fingerprint density at radius 3 is 2.71 bits per heavy atom. The maximum absolute atomic E-state index is 12.6. The third-order valence-corrected chi connectivity index (χ3v) is 2.17. The maximum atomic E-state index is 12.6. The summed E-state index contributed by atoms with van der Waals surface area (Å²) in [4.78, 5) is 5.07. The largest absolute Gasteiger partial charge is 0.390 e. The van der Waals surface area contributed by atoms with Crippen LogP contribution in [0.5, 0.6) is 0 Å². The summed E-state index contributed by atoms with van der Waals surface area (Å²) in [6.07, 6.45) is 0.664. The van der Waals surface area contributed by atoms with Crippen molar-refractivity contribution in [3.63, 3.8) is 0 Å². The Balaban J connectivity index is 2.13. The lowest BCUT2D eigenvalue weighted by atomic mass is 10.1. The van der Waals surface area contributed by atoms with Crippen LogP contribution in [-0.4, -0.2) is 18.4 Å². The summed E-state index contributed by atoms with van der Waals surface area (Å²) >= 11 is 0. The molecule has 1 aromatic carbocycles.